The molecule has 2 aliphatic rings. The van der Waals surface area contributed by atoms with Crippen molar-refractivity contribution in [1.82, 2.24) is 10.2 Å². The first-order chi connectivity index (χ1) is 10.4. The smallest absolute Gasteiger partial charge is 0.410 e. The lowest BCUT2D eigenvalue weighted by molar-refractivity contribution is 0.0190. The molecular weight excluding hydrogens is 288 g/mol. The number of hydrogen-bond acceptors (Lipinski definition) is 3. The molecule has 2 fully saturated rings. The highest BCUT2D eigenvalue weighted by Crippen LogP contribution is 2.18. The first kappa shape index (κ1) is 24.5. The van der Waals surface area contributed by atoms with Crippen LogP contribution in [0.4, 0.5) is 4.79 Å². The minimum atomic E-state index is -0.375. The second kappa shape index (κ2) is 13.6. The number of nitrogens with zero attached hydrogens (tertiary/aromatic N) is 1. The summed E-state index contributed by atoms with van der Waals surface area (Å²) in [6, 6.07) is 0. The topological polar surface area (TPSA) is 41.6 Å². The molecule has 23 heavy (non-hydrogen) atoms. The van der Waals surface area contributed by atoms with Crippen molar-refractivity contribution in [2.24, 2.45) is 5.92 Å². The fraction of sp³-hybridized carbons (Fsp3) is 0.947. The Kier molecular flexibility index (Phi) is 14.5. The Morgan fingerprint density at radius 2 is 1.52 bits per heavy atom. The Morgan fingerprint density at radius 1 is 1.04 bits per heavy atom. The van der Waals surface area contributed by atoms with Gasteiger partial charge in [-0.1, -0.05) is 34.6 Å². The van der Waals surface area contributed by atoms with Crippen molar-refractivity contribution in [2.75, 3.05) is 26.2 Å². The highest BCUT2D eigenvalue weighted by atomic mass is 16.6. The normalized spacial score (nSPS) is 18.4. The molecule has 0 aromatic rings. The van der Waals surface area contributed by atoms with Crippen LogP contribution in [-0.4, -0.2) is 42.8 Å². The van der Waals surface area contributed by atoms with E-state index in [0.29, 0.717) is 0 Å². The number of nitrogens with one attached hydrogen (secondary N) is 1. The molecule has 2 saturated heterocycles. The van der Waals surface area contributed by atoms with Crippen LogP contribution in [0.25, 0.3) is 0 Å². The van der Waals surface area contributed by atoms with Gasteiger partial charge in [-0.2, -0.15) is 0 Å². The summed E-state index contributed by atoms with van der Waals surface area (Å²) in [4.78, 5) is 13.4. The standard InChI is InChI=1S/C11H21NO2.C5H11N.C2H6.CH4/c1-9-5-7-12(8-6-9)10(13)14-11(2,3)4;1-2-4-6-5-3-1;1-2;/h9H,5-8H2,1-4H3;6H,1-5H2;1-2H3;1H4. The molecule has 0 aromatic heterocycles. The van der Waals surface area contributed by atoms with Crippen molar-refractivity contribution in [3.8, 4) is 0 Å². The van der Waals surface area contributed by atoms with E-state index in [1.165, 1.54) is 32.4 Å². The lowest BCUT2D eigenvalue weighted by Crippen LogP contribution is -2.41. The van der Waals surface area contributed by atoms with E-state index in [-0.39, 0.29) is 19.1 Å². The van der Waals surface area contributed by atoms with E-state index in [2.05, 4.69) is 12.2 Å². The highest BCUT2D eigenvalue weighted by Gasteiger charge is 2.25. The van der Waals surface area contributed by atoms with E-state index in [0.717, 1.165) is 31.8 Å². The van der Waals surface area contributed by atoms with Crippen LogP contribution >= 0.6 is 0 Å². The molecule has 4 heteroatoms. The minimum Gasteiger partial charge on any atom is -0.444 e. The summed E-state index contributed by atoms with van der Waals surface area (Å²) in [5.41, 5.74) is -0.375. The van der Waals surface area contributed by atoms with Crippen molar-refractivity contribution in [2.45, 2.75) is 86.7 Å². The summed E-state index contributed by atoms with van der Waals surface area (Å²) < 4.78 is 5.30. The van der Waals surface area contributed by atoms with Crippen LogP contribution in [0.2, 0.25) is 0 Å². The third-order valence-electron chi connectivity index (χ3n) is 3.64. The molecule has 4 nitrogen and oxygen atoms in total. The maximum atomic E-state index is 11.6. The summed E-state index contributed by atoms with van der Waals surface area (Å²) in [7, 11) is 0. The predicted molar refractivity (Wildman–Crippen MR) is 101 cm³/mol. The maximum Gasteiger partial charge on any atom is 0.410 e. The van der Waals surface area contributed by atoms with Gasteiger partial charge in [0.25, 0.3) is 0 Å². The SMILES string of the molecule is C.C1CCNCC1.CC.CC1CCN(C(=O)OC(C)(C)C)CC1. The van der Waals surface area contributed by atoms with Crippen LogP contribution in [0.5, 0.6) is 0 Å². The summed E-state index contributed by atoms with van der Waals surface area (Å²) >= 11 is 0. The molecule has 0 radical (unpaired) electrons. The Hall–Kier alpha value is -0.770. The fourth-order valence-corrected chi connectivity index (χ4v) is 2.32. The van der Waals surface area contributed by atoms with Gasteiger partial charge >= 0.3 is 6.09 Å². The van der Waals surface area contributed by atoms with Crippen molar-refractivity contribution >= 4 is 6.09 Å². The van der Waals surface area contributed by atoms with E-state index < -0.39 is 0 Å². The first-order valence-corrected chi connectivity index (χ1v) is 9.07. The van der Waals surface area contributed by atoms with Crippen LogP contribution in [-0.2, 0) is 4.74 Å². The molecule has 0 unspecified atom stereocenters. The van der Waals surface area contributed by atoms with Gasteiger partial charge in [-0.3, -0.25) is 0 Å². The van der Waals surface area contributed by atoms with Crippen LogP contribution in [0, 0.1) is 5.92 Å². The Morgan fingerprint density at radius 3 is 1.83 bits per heavy atom. The van der Waals surface area contributed by atoms with Crippen LogP contribution in [0.15, 0.2) is 0 Å². The summed E-state index contributed by atoms with van der Waals surface area (Å²) in [6.07, 6.45) is 6.25. The minimum absolute atomic E-state index is 0. The Bertz CT molecular complexity index is 264. The lowest BCUT2D eigenvalue weighted by Gasteiger charge is -2.32. The Balaban J connectivity index is 0. The number of amides is 1. The largest absolute Gasteiger partial charge is 0.444 e. The zero-order valence-electron chi connectivity index (χ0n) is 15.7. The van der Waals surface area contributed by atoms with Gasteiger partial charge in [0.05, 0.1) is 0 Å². The maximum absolute atomic E-state index is 11.6. The predicted octanol–water partition coefficient (Wildman–Crippen LogP) is 5.08. The van der Waals surface area contributed by atoms with Gasteiger partial charge < -0.3 is 15.0 Å². The molecule has 2 heterocycles. The zero-order chi connectivity index (χ0) is 17.0. The molecule has 0 spiro atoms. The molecule has 1 N–H and O–H groups in total. The second-order valence-electron chi connectivity index (χ2n) is 6.96. The first-order valence-electron chi connectivity index (χ1n) is 9.07. The number of piperidine rings is 2. The van der Waals surface area contributed by atoms with Crippen LogP contribution in [0.3, 0.4) is 0 Å². The molecule has 0 aromatic carbocycles. The number of hydrogen-bond donors (Lipinski definition) is 1. The van der Waals surface area contributed by atoms with Crippen molar-refractivity contribution in [3.63, 3.8) is 0 Å². The molecule has 1 amide bonds. The van der Waals surface area contributed by atoms with Crippen LogP contribution in [0.1, 0.15) is 81.1 Å². The number of likely N-dealkylation sites (tertiary alicyclic amines) is 1. The van der Waals surface area contributed by atoms with E-state index in [1.807, 2.05) is 39.5 Å². The molecule has 2 aliphatic heterocycles. The quantitative estimate of drug-likeness (QED) is 0.674. The Labute approximate surface area is 145 Å². The van der Waals surface area contributed by atoms with Gasteiger partial charge in [0.15, 0.2) is 0 Å². The molecule has 0 atom stereocenters. The van der Waals surface area contributed by atoms with Crippen LogP contribution < -0.4 is 5.32 Å². The zero-order valence-corrected chi connectivity index (χ0v) is 15.7. The third kappa shape index (κ3) is 13.4. The van der Waals surface area contributed by atoms with Gasteiger partial charge in [0.2, 0.25) is 0 Å². The van der Waals surface area contributed by atoms with E-state index in [9.17, 15) is 4.79 Å². The van der Waals surface area contributed by atoms with Crippen molar-refractivity contribution < 1.29 is 9.53 Å². The van der Waals surface area contributed by atoms with Crippen molar-refractivity contribution in [1.29, 1.82) is 0 Å². The number of carbonyl (C=O) groups excluding carboxylic acids is 1. The number of carbonyl (C=O) groups is 1. The highest BCUT2D eigenvalue weighted by molar-refractivity contribution is 5.68. The van der Waals surface area contributed by atoms with Gasteiger partial charge in [0, 0.05) is 13.1 Å². The van der Waals surface area contributed by atoms with Gasteiger partial charge in [-0.05, 0) is 65.5 Å². The number of rotatable bonds is 0. The number of ether oxygens (including phenoxy) is 1. The van der Waals surface area contributed by atoms with E-state index in [4.69, 9.17) is 4.74 Å². The summed E-state index contributed by atoms with van der Waals surface area (Å²) in [5, 5.41) is 3.28. The lowest BCUT2D eigenvalue weighted by atomic mass is 10.00. The van der Waals surface area contributed by atoms with Crippen molar-refractivity contribution in [3.05, 3.63) is 0 Å². The van der Waals surface area contributed by atoms with Gasteiger partial charge in [0.1, 0.15) is 5.60 Å². The molecular formula is C19H42N2O2. The van der Waals surface area contributed by atoms with E-state index >= 15 is 0 Å². The third-order valence-corrected chi connectivity index (χ3v) is 3.64. The second-order valence-corrected chi connectivity index (χ2v) is 6.96. The molecule has 0 saturated carbocycles. The molecule has 0 aliphatic carbocycles. The average Bonchev–Trinajstić information content (AvgIpc) is 2.50. The van der Waals surface area contributed by atoms with Gasteiger partial charge in [-0.25, -0.2) is 4.79 Å². The van der Waals surface area contributed by atoms with Gasteiger partial charge in [-0.15, -0.1) is 0 Å². The molecule has 2 rings (SSSR count). The summed E-state index contributed by atoms with van der Waals surface area (Å²) in [5.74, 6) is 0.744. The summed E-state index contributed by atoms with van der Waals surface area (Å²) in [6.45, 7) is 16.1. The monoisotopic (exact) mass is 330 g/mol. The molecule has 140 valence electrons. The van der Waals surface area contributed by atoms with E-state index in [1.54, 1.807) is 0 Å². The molecule has 0 bridgehead atoms. The average molecular weight is 331 g/mol. The fourth-order valence-electron chi connectivity index (χ4n) is 2.32.